The monoisotopic (exact) mass is 180 g/mol. The van der Waals surface area contributed by atoms with E-state index in [9.17, 15) is 0 Å². The second kappa shape index (κ2) is 3.50. The number of fused-ring (bicyclic) bond motifs is 1. The Bertz CT molecular complexity index is 293. The van der Waals surface area contributed by atoms with Crippen LogP contribution in [0, 0.1) is 12.8 Å². The van der Waals surface area contributed by atoms with Crippen LogP contribution in [0.5, 0.6) is 0 Å². The number of nitrogens with zero attached hydrogens (tertiary/aromatic N) is 1. The lowest BCUT2D eigenvalue weighted by atomic mass is 9.88. The van der Waals surface area contributed by atoms with Crippen LogP contribution in [0.1, 0.15) is 30.2 Å². The number of aromatic nitrogens is 1. The molecule has 1 atom stereocenters. The predicted molar refractivity (Wildman–Crippen MR) is 50.4 cm³/mol. The summed E-state index contributed by atoms with van der Waals surface area (Å²) in [6.45, 7) is 2.70. The molecule has 0 spiro atoms. The minimum atomic E-state index is 0.713. The van der Waals surface area contributed by atoms with Crippen LogP contribution in [0.15, 0.2) is 4.42 Å². The van der Waals surface area contributed by atoms with Crippen LogP contribution in [-0.4, -0.2) is 11.5 Å². The van der Waals surface area contributed by atoms with Crippen LogP contribution in [0.25, 0.3) is 0 Å². The smallest absolute Gasteiger partial charge is 0.191 e. The lowest BCUT2D eigenvalue weighted by Crippen LogP contribution is -2.16. The van der Waals surface area contributed by atoms with Crippen LogP contribution >= 0.6 is 0 Å². The summed E-state index contributed by atoms with van der Waals surface area (Å²) < 4.78 is 5.53. The quantitative estimate of drug-likeness (QED) is 0.749. The first-order valence-electron chi connectivity index (χ1n) is 4.95. The zero-order chi connectivity index (χ0) is 9.26. The van der Waals surface area contributed by atoms with E-state index in [1.54, 1.807) is 0 Å². The molecular weight excluding hydrogens is 164 g/mol. The zero-order valence-electron chi connectivity index (χ0n) is 8.05. The van der Waals surface area contributed by atoms with Gasteiger partial charge in [0, 0.05) is 13.3 Å². The van der Waals surface area contributed by atoms with Gasteiger partial charge in [0.25, 0.3) is 0 Å². The maximum Gasteiger partial charge on any atom is 0.191 e. The van der Waals surface area contributed by atoms with Crippen LogP contribution in [-0.2, 0) is 12.8 Å². The summed E-state index contributed by atoms with van der Waals surface area (Å²) in [7, 11) is 0. The SMILES string of the molecule is Cc1nc2c(o1)CC(CCN)CC2. The Kier molecular flexibility index (Phi) is 2.36. The second-order valence-electron chi connectivity index (χ2n) is 3.79. The Morgan fingerprint density at radius 3 is 3.23 bits per heavy atom. The molecule has 2 rings (SSSR count). The number of hydrogen-bond acceptors (Lipinski definition) is 3. The maximum atomic E-state index is 5.54. The van der Waals surface area contributed by atoms with E-state index in [1.165, 1.54) is 12.1 Å². The third kappa shape index (κ3) is 1.75. The third-order valence-corrected chi connectivity index (χ3v) is 2.72. The molecule has 0 saturated carbocycles. The topological polar surface area (TPSA) is 52.0 Å². The number of nitrogens with two attached hydrogens (primary N) is 1. The molecule has 1 unspecified atom stereocenters. The lowest BCUT2D eigenvalue weighted by Gasteiger charge is -2.18. The van der Waals surface area contributed by atoms with Gasteiger partial charge in [0.15, 0.2) is 5.89 Å². The molecule has 3 heteroatoms. The van der Waals surface area contributed by atoms with Crippen molar-refractivity contribution in [3.05, 3.63) is 17.3 Å². The van der Waals surface area contributed by atoms with Gasteiger partial charge in [0.05, 0.1) is 5.69 Å². The van der Waals surface area contributed by atoms with Gasteiger partial charge in [-0.2, -0.15) is 0 Å². The van der Waals surface area contributed by atoms with Crippen molar-refractivity contribution < 1.29 is 4.42 Å². The van der Waals surface area contributed by atoms with Crippen molar-refractivity contribution in [2.24, 2.45) is 11.7 Å². The molecule has 1 aliphatic carbocycles. The van der Waals surface area contributed by atoms with Crippen LogP contribution in [0.4, 0.5) is 0 Å². The molecule has 72 valence electrons. The molecule has 1 aromatic rings. The second-order valence-corrected chi connectivity index (χ2v) is 3.79. The average Bonchev–Trinajstić information content (AvgIpc) is 2.44. The van der Waals surface area contributed by atoms with Gasteiger partial charge in [-0.1, -0.05) is 0 Å². The van der Waals surface area contributed by atoms with Gasteiger partial charge in [0.1, 0.15) is 5.76 Å². The fourth-order valence-electron chi connectivity index (χ4n) is 2.05. The number of rotatable bonds is 2. The Balaban J connectivity index is 2.10. The standard InChI is InChI=1S/C10H16N2O/c1-7-12-9-3-2-8(4-5-11)6-10(9)13-7/h8H,2-6,11H2,1H3. The van der Waals surface area contributed by atoms with Crippen molar-refractivity contribution in [1.29, 1.82) is 0 Å². The van der Waals surface area contributed by atoms with E-state index in [2.05, 4.69) is 4.98 Å². The van der Waals surface area contributed by atoms with E-state index < -0.39 is 0 Å². The molecule has 13 heavy (non-hydrogen) atoms. The molecule has 3 nitrogen and oxygen atoms in total. The van der Waals surface area contributed by atoms with E-state index in [4.69, 9.17) is 10.2 Å². The van der Waals surface area contributed by atoms with Gasteiger partial charge in [-0.15, -0.1) is 0 Å². The number of oxazole rings is 1. The molecular formula is C10H16N2O. The summed E-state index contributed by atoms with van der Waals surface area (Å²) in [5, 5.41) is 0. The molecule has 2 N–H and O–H groups in total. The highest BCUT2D eigenvalue weighted by molar-refractivity contribution is 5.14. The Morgan fingerprint density at radius 2 is 2.46 bits per heavy atom. The van der Waals surface area contributed by atoms with Gasteiger partial charge in [-0.25, -0.2) is 4.98 Å². The zero-order valence-corrected chi connectivity index (χ0v) is 8.05. The molecule has 1 aliphatic rings. The molecule has 1 aromatic heterocycles. The fraction of sp³-hybridized carbons (Fsp3) is 0.700. The minimum Gasteiger partial charge on any atom is -0.446 e. The van der Waals surface area contributed by atoms with E-state index in [-0.39, 0.29) is 0 Å². The highest BCUT2D eigenvalue weighted by Crippen LogP contribution is 2.27. The summed E-state index contributed by atoms with van der Waals surface area (Å²) in [4.78, 5) is 4.35. The minimum absolute atomic E-state index is 0.713. The van der Waals surface area contributed by atoms with E-state index >= 15 is 0 Å². The molecule has 0 amide bonds. The summed E-state index contributed by atoms with van der Waals surface area (Å²) in [5.41, 5.74) is 6.71. The van der Waals surface area contributed by atoms with Crippen molar-refractivity contribution in [2.45, 2.75) is 32.6 Å². The predicted octanol–water partition coefficient (Wildman–Crippen LogP) is 1.44. The number of hydrogen-bond donors (Lipinski definition) is 1. The van der Waals surface area contributed by atoms with Crippen LogP contribution in [0.2, 0.25) is 0 Å². The van der Waals surface area contributed by atoms with Gasteiger partial charge in [-0.3, -0.25) is 0 Å². The van der Waals surface area contributed by atoms with Gasteiger partial charge in [0.2, 0.25) is 0 Å². The van der Waals surface area contributed by atoms with Crippen LogP contribution < -0.4 is 5.73 Å². The lowest BCUT2D eigenvalue weighted by molar-refractivity contribution is 0.370. The summed E-state index contributed by atoms with van der Waals surface area (Å²) in [6.07, 6.45) is 4.43. The molecule has 0 bridgehead atoms. The largest absolute Gasteiger partial charge is 0.446 e. The van der Waals surface area contributed by atoms with E-state index in [1.807, 2.05) is 6.92 Å². The van der Waals surface area contributed by atoms with Gasteiger partial charge < -0.3 is 10.2 Å². The van der Waals surface area contributed by atoms with Gasteiger partial charge >= 0.3 is 0 Å². The average molecular weight is 180 g/mol. The van der Waals surface area contributed by atoms with Gasteiger partial charge in [-0.05, 0) is 31.7 Å². The van der Waals surface area contributed by atoms with Crippen molar-refractivity contribution in [3.63, 3.8) is 0 Å². The maximum absolute atomic E-state index is 5.54. The Labute approximate surface area is 78.3 Å². The van der Waals surface area contributed by atoms with Crippen molar-refractivity contribution in [2.75, 3.05) is 6.54 Å². The Hall–Kier alpha value is -0.830. The molecule has 0 fully saturated rings. The molecule has 0 aromatic carbocycles. The summed E-state index contributed by atoms with van der Waals surface area (Å²) in [6, 6.07) is 0. The normalized spacial score (nSPS) is 21.5. The fourth-order valence-corrected chi connectivity index (χ4v) is 2.05. The van der Waals surface area contributed by atoms with Crippen molar-refractivity contribution >= 4 is 0 Å². The van der Waals surface area contributed by atoms with Crippen molar-refractivity contribution in [1.82, 2.24) is 4.98 Å². The van der Waals surface area contributed by atoms with E-state index in [0.29, 0.717) is 5.92 Å². The number of aryl methyl sites for hydroxylation is 2. The highest BCUT2D eigenvalue weighted by atomic mass is 16.4. The summed E-state index contributed by atoms with van der Waals surface area (Å²) in [5.74, 6) is 2.62. The molecule has 0 aliphatic heterocycles. The van der Waals surface area contributed by atoms with Crippen molar-refractivity contribution in [3.8, 4) is 0 Å². The molecule has 0 radical (unpaired) electrons. The highest BCUT2D eigenvalue weighted by Gasteiger charge is 2.22. The third-order valence-electron chi connectivity index (χ3n) is 2.72. The first kappa shape index (κ1) is 8.75. The Morgan fingerprint density at radius 1 is 1.62 bits per heavy atom. The van der Waals surface area contributed by atoms with E-state index in [0.717, 1.165) is 37.5 Å². The summed E-state index contributed by atoms with van der Waals surface area (Å²) >= 11 is 0. The van der Waals surface area contributed by atoms with Crippen LogP contribution in [0.3, 0.4) is 0 Å². The molecule has 1 heterocycles. The first-order valence-corrected chi connectivity index (χ1v) is 4.95. The first-order chi connectivity index (χ1) is 6.29. The molecule has 0 saturated heterocycles.